The molecule has 2 rings (SSSR count). The van der Waals surface area contributed by atoms with E-state index in [-0.39, 0.29) is 17.9 Å². The Kier molecular flexibility index (Phi) is 2.96. The minimum atomic E-state index is -0.242. The third-order valence-electron chi connectivity index (χ3n) is 3.23. The van der Waals surface area contributed by atoms with E-state index in [4.69, 9.17) is 0 Å². The summed E-state index contributed by atoms with van der Waals surface area (Å²) in [5.41, 5.74) is 1.17. The van der Waals surface area contributed by atoms with Gasteiger partial charge < -0.3 is 14.6 Å². The molecule has 0 aliphatic carbocycles. The van der Waals surface area contributed by atoms with Gasteiger partial charge in [0.15, 0.2) is 0 Å². The van der Waals surface area contributed by atoms with Crippen molar-refractivity contribution in [3.8, 4) is 0 Å². The molecule has 1 saturated heterocycles. The quantitative estimate of drug-likeness (QED) is 0.749. The Morgan fingerprint density at radius 1 is 1.75 bits per heavy atom. The standard InChI is InChI=1S/C11H17N3O2/c1-11(3-4-12-7-11)9-5-13-8-14(9)6-10(15)16-2/h5,8,12H,3-4,6-7H2,1-2H3. The molecule has 0 aromatic carbocycles. The number of methoxy groups -OCH3 is 1. The summed E-state index contributed by atoms with van der Waals surface area (Å²) < 4.78 is 6.54. The minimum absolute atomic E-state index is 0.0739. The summed E-state index contributed by atoms with van der Waals surface area (Å²) in [5.74, 6) is -0.242. The fourth-order valence-corrected chi connectivity index (χ4v) is 2.19. The molecule has 16 heavy (non-hydrogen) atoms. The number of ether oxygens (including phenoxy) is 1. The van der Waals surface area contributed by atoms with Gasteiger partial charge in [0.25, 0.3) is 0 Å². The average Bonchev–Trinajstić information content (AvgIpc) is 2.87. The van der Waals surface area contributed by atoms with Gasteiger partial charge in [-0.1, -0.05) is 6.92 Å². The van der Waals surface area contributed by atoms with E-state index in [9.17, 15) is 4.79 Å². The molecule has 1 fully saturated rings. The highest BCUT2D eigenvalue weighted by molar-refractivity contribution is 5.69. The number of nitrogens with zero attached hydrogens (tertiary/aromatic N) is 2. The first-order chi connectivity index (χ1) is 7.65. The predicted octanol–water partition coefficient (Wildman–Crippen LogP) is 0.307. The Morgan fingerprint density at radius 3 is 3.19 bits per heavy atom. The number of esters is 1. The zero-order valence-corrected chi connectivity index (χ0v) is 9.69. The largest absolute Gasteiger partial charge is 0.468 e. The molecule has 1 aliphatic heterocycles. The molecule has 5 heteroatoms. The van der Waals surface area contributed by atoms with Crippen molar-refractivity contribution in [3.63, 3.8) is 0 Å². The fourth-order valence-electron chi connectivity index (χ4n) is 2.19. The van der Waals surface area contributed by atoms with E-state index in [1.54, 1.807) is 6.33 Å². The van der Waals surface area contributed by atoms with Crippen LogP contribution in [0, 0.1) is 0 Å². The highest BCUT2D eigenvalue weighted by Gasteiger charge is 2.33. The minimum Gasteiger partial charge on any atom is -0.468 e. The Balaban J connectivity index is 2.21. The van der Waals surface area contributed by atoms with Crippen LogP contribution in [0.2, 0.25) is 0 Å². The summed E-state index contributed by atoms with van der Waals surface area (Å²) in [7, 11) is 1.40. The summed E-state index contributed by atoms with van der Waals surface area (Å²) >= 11 is 0. The second-order valence-electron chi connectivity index (χ2n) is 4.47. The van der Waals surface area contributed by atoms with E-state index in [2.05, 4.69) is 22.0 Å². The fraction of sp³-hybridized carbons (Fsp3) is 0.636. The van der Waals surface area contributed by atoms with Gasteiger partial charge in [-0.3, -0.25) is 4.79 Å². The van der Waals surface area contributed by atoms with Crippen LogP contribution in [0.4, 0.5) is 0 Å². The Bertz CT molecular complexity index is 380. The molecule has 88 valence electrons. The Labute approximate surface area is 94.8 Å². The van der Waals surface area contributed by atoms with Crippen LogP contribution < -0.4 is 5.32 Å². The van der Waals surface area contributed by atoms with Crippen molar-refractivity contribution in [2.24, 2.45) is 0 Å². The van der Waals surface area contributed by atoms with Crippen LogP contribution in [0.25, 0.3) is 0 Å². The molecule has 0 bridgehead atoms. The lowest BCUT2D eigenvalue weighted by Crippen LogP contribution is -2.29. The number of hydrogen-bond acceptors (Lipinski definition) is 4. The van der Waals surface area contributed by atoms with Gasteiger partial charge in [-0.2, -0.15) is 0 Å². The summed E-state index contributed by atoms with van der Waals surface area (Å²) in [5, 5.41) is 3.34. The van der Waals surface area contributed by atoms with Crippen LogP contribution in [-0.2, 0) is 21.5 Å². The van der Waals surface area contributed by atoms with Gasteiger partial charge >= 0.3 is 5.97 Å². The van der Waals surface area contributed by atoms with Gasteiger partial charge in [0.2, 0.25) is 0 Å². The molecule has 2 heterocycles. The number of rotatable bonds is 3. The smallest absolute Gasteiger partial charge is 0.325 e. The van der Waals surface area contributed by atoms with Crippen LogP contribution >= 0.6 is 0 Å². The number of aromatic nitrogens is 2. The third kappa shape index (κ3) is 1.95. The monoisotopic (exact) mass is 223 g/mol. The van der Waals surface area contributed by atoms with Crippen LogP contribution in [0.5, 0.6) is 0 Å². The molecule has 1 N–H and O–H groups in total. The van der Waals surface area contributed by atoms with Crippen molar-refractivity contribution < 1.29 is 9.53 Å². The second-order valence-corrected chi connectivity index (χ2v) is 4.47. The van der Waals surface area contributed by atoms with Crippen LogP contribution in [0.15, 0.2) is 12.5 Å². The van der Waals surface area contributed by atoms with Gasteiger partial charge in [-0.25, -0.2) is 4.98 Å². The molecule has 1 unspecified atom stereocenters. The lowest BCUT2D eigenvalue weighted by atomic mass is 9.86. The Hall–Kier alpha value is -1.36. The first kappa shape index (κ1) is 11.1. The molecule has 0 spiro atoms. The third-order valence-corrected chi connectivity index (χ3v) is 3.23. The zero-order chi connectivity index (χ0) is 11.6. The van der Waals surface area contributed by atoms with E-state index >= 15 is 0 Å². The number of hydrogen-bond donors (Lipinski definition) is 1. The van der Waals surface area contributed by atoms with Gasteiger partial charge in [-0.15, -0.1) is 0 Å². The topological polar surface area (TPSA) is 56.2 Å². The van der Waals surface area contributed by atoms with E-state index in [0.29, 0.717) is 0 Å². The molecular weight excluding hydrogens is 206 g/mol. The van der Waals surface area contributed by atoms with Crippen LogP contribution in [0.1, 0.15) is 19.0 Å². The van der Waals surface area contributed by atoms with E-state index in [1.165, 1.54) is 7.11 Å². The van der Waals surface area contributed by atoms with Crippen molar-refractivity contribution in [1.82, 2.24) is 14.9 Å². The molecular formula is C11H17N3O2. The normalized spacial score (nSPS) is 24.6. The van der Waals surface area contributed by atoms with Crippen molar-refractivity contribution in [3.05, 3.63) is 18.2 Å². The number of carbonyl (C=O) groups excluding carboxylic acids is 1. The van der Waals surface area contributed by atoms with Gasteiger partial charge in [-0.05, 0) is 13.0 Å². The van der Waals surface area contributed by atoms with Crippen molar-refractivity contribution in [2.75, 3.05) is 20.2 Å². The zero-order valence-electron chi connectivity index (χ0n) is 9.69. The second kappa shape index (κ2) is 4.25. The van der Waals surface area contributed by atoms with E-state index in [0.717, 1.165) is 25.2 Å². The highest BCUT2D eigenvalue weighted by atomic mass is 16.5. The number of carbonyl (C=O) groups is 1. The maximum absolute atomic E-state index is 11.3. The van der Waals surface area contributed by atoms with Crippen molar-refractivity contribution >= 4 is 5.97 Å². The van der Waals surface area contributed by atoms with Crippen LogP contribution in [0.3, 0.4) is 0 Å². The van der Waals surface area contributed by atoms with Crippen molar-refractivity contribution in [2.45, 2.75) is 25.3 Å². The molecule has 0 amide bonds. The summed E-state index contributed by atoms with van der Waals surface area (Å²) in [6, 6.07) is 0. The maximum atomic E-state index is 11.3. The maximum Gasteiger partial charge on any atom is 0.325 e. The summed E-state index contributed by atoms with van der Waals surface area (Å²) in [4.78, 5) is 15.4. The van der Waals surface area contributed by atoms with Crippen LogP contribution in [-0.4, -0.2) is 35.7 Å². The highest BCUT2D eigenvalue weighted by Crippen LogP contribution is 2.29. The first-order valence-electron chi connectivity index (χ1n) is 5.44. The SMILES string of the molecule is COC(=O)Cn1cncc1C1(C)CCNC1. The molecule has 0 saturated carbocycles. The van der Waals surface area contributed by atoms with Gasteiger partial charge in [0, 0.05) is 23.9 Å². The number of nitrogens with one attached hydrogen (secondary N) is 1. The Morgan fingerprint density at radius 2 is 2.56 bits per heavy atom. The molecule has 1 aromatic heterocycles. The summed E-state index contributed by atoms with van der Waals surface area (Å²) in [6.07, 6.45) is 4.60. The molecule has 0 radical (unpaired) electrons. The van der Waals surface area contributed by atoms with E-state index in [1.807, 2.05) is 10.8 Å². The molecule has 5 nitrogen and oxygen atoms in total. The average molecular weight is 223 g/mol. The summed E-state index contributed by atoms with van der Waals surface area (Å²) in [6.45, 7) is 4.37. The van der Waals surface area contributed by atoms with E-state index < -0.39 is 0 Å². The van der Waals surface area contributed by atoms with Gasteiger partial charge in [0.05, 0.1) is 13.4 Å². The molecule has 1 aliphatic rings. The van der Waals surface area contributed by atoms with Gasteiger partial charge in [0.1, 0.15) is 6.54 Å². The molecule has 1 aromatic rings. The number of imidazole rings is 1. The molecule has 1 atom stereocenters. The lowest BCUT2D eigenvalue weighted by molar-refractivity contribution is -0.141. The lowest BCUT2D eigenvalue weighted by Gasteiger charge is -2.23. The predicted molar refractivity (Wildman–Crippen MR) is 59.1 cm³/mol. The van der Waals surface area contributed by atoms with Crippen molar-refractivity contribution in [1.29, 1.82) is 0 Å². The first-order valence-corrected chi connectivity index (χ1v) is 5.44.